The Morgan fingerprint density at radius 2 is 1.85 bits per heavy atom. The van der Waals surface area contributed by atoms with E-state index in [1.165, 1.54) is 35.1 Å². The number of esters is 1. The summed E-state index contributed by atoms with van der Waals surface area (Å²) in [5.41, 5.74) is 11.5. The molecule has 2 unspecified atom stereocenters. The molecule has 8 N–H and O–H groups in total. The Morgan fingerprint density at radius 1 is 1.10 bits per heavy atom. The van der Waals surface area contributed by atoms with Crippen molar-refractivity contribution < 1.29 is 66.3 Å². The van der Waals surface area contributed by atoms with Crippen molar-refractivity contribution in [3.63, 3.8) is 0 Å². The maximum Gasteiger partial charge on any atom is 0.472 e. The number of imidazole rings is 1. The number of halogens is 1. The van der Waals surface area contributed by atoms with E-state index in [0.29, 0.717) is 17.0 Å². The van der Waals surface area contributed by atoms with Gasteiger partial charge in [-0.05, 0) is 30.2 Å². The number of carbonyl (C=O) groups excluding carboxylic acids is 2. The number of fused-ring (bicyclic) bond motifs is 1. The topological polar surface area (TPSA) is 338 Å². The number of hydrogen-bond acceptors (Lipinski definition) is 18. The van der Waals surface area contributed by atoms with Gasteiger partial charge < -0.3 is 50.4 Å². The van der Waals surface area contributed by atoms with Gasteiger partial charge in [-0.2, -0.15) is 4.98 Å². The zero-order valence-corrected chi connectivity index (χ0v) is 34.6. The molecule has 2 aliphatic heterocycles. The van der Waals surface area contributed by atoms with Gasteiger partial charge in [0.1, 0.15) is 54.3 Å². The summed E-state index contributed by atoms with van der Waals surface area (Å²) >= 11 is 6.21. The predicted molar refractivity (Wildman–Crippen MR) is 211 cm³/mol. The Labute approximate surface area is 350 Å². The number of nitrogen functional groups attached to an aromatic ring is 2. The minimum atomic E-state index is -5.23. The molecule has 3 aromatic heterocycles. The zero-order chi connectivity index (χ0) is 44.2. The van der Waals surface area contributed by atoms with Crippen molar-refractivity contribution in [2.24, 2.45) is 0 Å². The first-order valence-corrected chi connectivity index (χ1v) is 21.7. The van der Waals surface area contributed by atoms with Gasteiger partial charge in [0.15, 0.2) is 23.8 Å². The van der Waals surface area contributed by atoms with Gasteiger partial charge in [-0.15, -0.1) is 6.58 Å². The first kappa shape index (κ1) is 45.8. The number of nitrogens with zero attached hydrogens (tertiary/aromatic N) is 7. The summed E-state index contributed by atoms with van der Waals surface area (Å²) in [5, 5.41) is 12.1. The number of allylic oxidation sites excluding steroid dienone is 1. The Hall–Kier alpha value is -4.68. The van der Waals surface area contributed by atoms with Crippen molar-refractivity contribution in [3.8, 4) is 0 Å². The van der Waals surface area contributed by atoms with E-state index in [0.717, 1.165) is 10.9 Å². The molecular formula is C34H42ClN9O15P2. The van der Waals surface area contributed by atoms with Gasteiger partial charge in [0.05, 0.1) is 19.5 Å². The molecule has 27 heteroatoms. The van der Waals surface area contributed by atoms with Crippen LogP contribution in [0, 0.1) is 0 Å². The largest absolute Gasteiger partial charge is 0.472 e. The number of phosphoric acid groups is 2. The fourth-order valence-electron chi connectivity index (χ4n) is 6.66. The smallest absolute Gasteiger partial charge is 0.455 e. The maximum atomic E-state index is 14.2. The van der Waals surface area contributed by atoms with Crippen LogP contribution in [0.4, 0.5) is 11.6 Å². The molecule has 9 atom stereocenters. The van der Waals surface area contributed by atoms with Crippen LogP contribution in [0.25, 0.3) is 11.2 Å². The number of phosphoric ester groups is 2. The van der Waals surface area contributed by atoms with Crippen molar-refractivity contribution in [1.82, 2.24) is 34.0 Å². The molecule has 2 saturated heterocycles. The van der Waals surface area contributed by atoms with Crippen LogP contribution in [0.2, 0.25) is 5.02 Å². The summed E-state index contributed by atoms with van der Waals surface area (Å²) in [7, 11) is -8.90. The number of anilines is 2. The number of aliphatic hydroxyl groups is 1. The van der Waals surface area contributed by atoms with E-state index in [2.05, 4.69) is 31.0 Å². The number of likely N-dealkylation sites (N-methyl/N-ethyl adjacent to an activating group) is 1. The summed E-state index contributed by atoms with van der Waals surface area (Å²) < 4.78 is 60.4. The molecule has 6 rings (SSSR count). The fourth-order valence-corrected chi connectivity index (χ4v) is 8.17. The summed E-state index contributed by atoms with van der Waals surface area (Å²) in [6, 6.07) is 6.58. The molecule has 61 heavy (non-hydrogen) atoms. The van der Waals surface area contributed by atoms with E-state index in [1.807, 2.05) is 0 Å². The SMILES string of the molecule is C=CCCC(=O)N(C)[C@H](Cc1cccc(Cl)c1)C(=O)O[C@H]1[C@@H](O)[C@H](n2cnc3c(N)ncnc32)O[C@H]1COP(=O)(O)O[C@H]1CC(n2ccc(N)nc2=O)O[C@@H]1COP(=O)(O)O. The molecular weight excluding hydrogens is 872 g/mol. The summed E-state index contributed by atoms with van der Waals surface area (Å²) in [6.45, 7) is 1.89. The molecule has 0 bridgehead atoms. The lowest BCUT2D eigenvalue weighted by molar-refractivity contribution is -0.165. The van der Waals surface area contributed by atoms with Crippen molar-refractivity contribution in [2.45, 2.75) is 74.7 Å². The lowest BCUT2D eigenvalue weighted by Crippen LogP contribution is -2.48. The lowest BCUT2D eigenvalue weighted by atomic mass is 10.0. The van der Waals surface area contributed by atoms with Crippen LogP contribution in [0.1, 0.15) is 37.3 Å². The molecule has 1 aromatic carbocycles. The molecule has 0 saturated carbocycles. The Balaban J connectivity index is 1.26. The highest BCUT2D eigenvalue weighted by atomic mass is 35.5. The van der Waals surface area contributed by atoms with E-state index >= 15 is 0 Å². The predicted octanol–water partition coefficient (Wildman–Crippen LogP) is 1.01. The first-order chi connectivity index (χ1) is 28.8. The molecule has 2 aliphatic rings. The summed E-state index contributed by atoms with van der Waals surface area (Å²) in [5.74, 6) is -1.52. The molecule has 4 aromatic rings. The molecule has 24 nitrogen and oxygen atoms in total. The third kappa shape index (κ3) is 11.2. The van der Waals surface area contributed by atoms with E-state index in [9.17, 15) is 43.3 Å². The van der Waals surface area contributed by atoms with E-state index in [4.69, 9.17) is 46.3 Å². The molecule has 1 amide bonds. The highest BCUT2D eigenvalue weighted by Crippen LogP contribution is 2.50. The van der Waals surface area contributed by atoms with Crippen molar-refractivity contribution in [2.75, 3.05) is 31.7 Å². The molecule has 5 heterocycles. The number of rotatable bonds is 18. The van der Waals surface area contributed by atoms with Crippen molar-refractivity contribution in [3.05, 3.63) is 82.9 Å². The molecule has 0 spiro atoms. The molecule has 2 fully saturated rings. The van der Waals surface area contributed by atoms with Crippen LogP contribution < -0.4 is 17.2 Å². The van der Waals surface area contributed by atoms with Gasteiger partial charge in [-0.1, -0.05) is 29.8 Å². The van der Waals surface area contributed by atoms with Crippen LogP contribution in [-0.2, 0) is 52.9 Å². The van der Waals surface area contributed by atoms with Crippen molar-refractivity contribution in [1.29, 1.82) is 0 Å². The van der Waals surface area contributed by atoms with Gasteiger partial charge in [-0.25, -0.2) is 33.7 Å². The standard InChI is InChI=1S/C34H42ClN9O15P2/c1-3-4-8-25(45)42(2)20(12-18-6-5-7-19(35)11-18)33(47)58-29-23(57-32(28(29)46)44-17-40-27-30(37)38-16-39-31(27)44)15-55-61(52,53)59-21-13-26(43-10-9-24(36)41-34(43)48)56-22(21)14-54-60(49,50)51/h3,5-7,9-11,16-17,20-23,26,28-29,32,46H,1,4,8,12-15H2,2H3,(H,52,53)(H2,36,41,48)(H2,37,38,39)(H2,49,50,51)/t20-,21+,22-,23+,26?,28-,29-,32-/m1/s1. The van der Waals surface area contributed by atoms with E-state index in [-0.39, 0.29) is 42.1 Å². The number of aromatic nitrogens is 6. The number of benzene rings is 1. The molecule has 0 radical (unpaired) electrons. The molecule has 0 aliphatic carbocycles. The number of aliphatic hydroxyl groups excluding tert-OH is 1. The minimum absolute atomic E-state index is 0.00523. The van der Waals surface area contributed by atoms with Crippen LogP contribution in [0.5, 0.6) is 0 Å². The van der Waals surface area contributed by atoms with Gasteiger partial charge >= 0.3 is 27.3 Å². The van der Waals surface area contributed by atoms with E-state index < -0.39 is 95.4 Å². The van der Waals surface area contributed by atoms with Gasteiger partial charge in [0.25, 0.3) is 0 Å². The highest BCUT2D eigenvalue weighted by Gasteiger charge is 2.50. The quantitative estimate of drug-likeness (QED) is 0.0461. The van der Waals surface area contributed by atoms with Crippen molar-refractivity contribution >= 4 is 61.9 Å². The second kappa shape index (κ2) is 19.2. The Morgan fingerprint density at radius 3 is 2.56 bits per heavy atom. The van der Waals surface area contributed by atoms with Gasteiger partial charge in [0.2, 0.25) is 5.91 Å². The highest BCUT2D eigenvalue weighted by molar-refractivity contribution is 7.47. The Kier molecular flexibility index (Phi) is 14.4. The number of carbonyl (C=O) groups is 2. The first-order valence-electron chi connectivity index (χ1n) is 18.3. The molecule has 330 valence electrons. The number of ether oxygens (including phenoxy) is 3. The van der Waals surface area contributed by atoms with E-state index in [1.54, 1.807) is 30.3 Å². The van der Waals surface area contributed by atoms with Gasteiger partial charge in [-0.3, -0.25) is 27.5 Å². The monoisotopic (exact) mass is 913 g/mol. The van der Waals surface area contributed by atoms with Crippen LogP contribution >= 0.6 is 27.2 Å². The normalized spacial score (nSPS) is 24.3. The van der Waals surface area contributed by atoms with Crippen LogP contribution in [0.15, 0.2) is 66.6 Å². The Bertz CT molecular complexity index is 2400. The maximum absolute atomic E-state index is 14.2. The fraction of sp³-hybridized carbons (Fsp3) is 0.441. The third-order valence-electron chi connectivity index (χ3n) is 9.66. The van der Waals surface area contributed by atoms with Gasteiger partial charge in [0, 0.05) is 37.5 Å². The zero-order valence-electron chi connectivity index (χ0n) is 32.1. The van der Waals surface area contributed by atoms with Crippen LogP contribution in [-0.4, -0.2) is 122 Å². The number of amides is 1. The van der Waals surface area contributed by atoms with Crippen LogP contribution in [0.3, 0.4) is 0 Å². The third-order valence-corrected chi connectivity index (χ3v) is 11.4. The second-order valence-electron chi connectivity index (χ2n) is 13.8. The second-order valence-corrected chi connectivity index (χ2v) is 16.9. The minimum Gasteiger partial charge on any atom is -0.455 e. The lowest BCUT2D eigenvalue weighted by Gasteiger charge is -2.30. The summed E-state index contributed by atoms with van der Waals surface area (Å²) in [4.78, 5) is 86.6. The number of hydrogen-bond donors (Lipinski definition) is 6. The summed E-state index contributed by atoms with van der Waals surface area (Å²) in [6.07, 6.45) is -5.42. The average molecular weight is 914 g/mol. The number of nitrogens with two attached hydrogens (primary N) is 2. The average Bonchev–Trinajstić information content (AvgIpc) is 3.89.